The molecule has 1 fully saturated rings. The van der Waals surface area contributed by atoms with Crippen molar-refractivity contribution in [3.8, 4) is 11.3 Å². The summed E-state index contributed by atoms with van der Waals surface area (Å²) in [5.41, 5.74) is 3.18. The molecule has 1 unspecified atom stereocenters. The summed E-state index contributed by atoms with van der Waals surface area (Å²) in [5.74, 6) is -0.183. The Balaban J connectivity index is 1.54. The predicted molar refractivity (Wildman–Crippen MR) is 95.4 cm³/mol. The Morgan fingerprint density at radius 1 is 1.38 bits per heavy atom. The number of hydrogen-bond donors (Lipinski definition) is 1. The molecule has 1 saturated heterocycles. The van der Waals surface area contributed by atoms with Crippen molar-refractivity contribution >= 4 is 22.4 Å². The second-order valence-electron chi connectivity index (χ2n) is 5.99. The van der Waals surface area contributed by atoms with Gasteiger partial charge in [-0.3, -0.25) is 10.1 Å². The molecule has 0 spiro atoms. The van der Waals surface area contributed by atoms with Crippen LogP contribution in [-0.2, 0) is 14.3 Å². The molecule has 3 rings (SSSR count). The lowest BCUT2D eigenvalue weighted by atomic mass is 10.1. The Morgan fingerprint density at radius 2 is 2.17 bits per heavy atom. The fourth-order valence-corrected chi connectivity index (χ4v) is 3.50. The Labute approximate surface area is 146 Å². The van der Waals surface area contributed by atoms with Gasteiger partial charge in [-0.25, -0.2) is 4.98 Å². The van der Waals surface area contributed by atoms with Crippen LogP contribution in [-0.4, -0.2) is 36.8 Å². The Morgan fingerprint density at radius 3 is 2.88 bits per heavy atom. The van der Waals surface area contributed by atoms with Gasteiger partial charge in [0.2, 0.25) is 0 Å². The molecule has 1 aromatic carbocycles. The zero-order valence-electron chi connectivity index (χ0n) is 14.0. The minimum atomic E-state index is -0.183. The van der Waals surface area contributed by atoms with Crippen LogP contribution in [0.15, 0.2) is 24.3 Å². The number of rotatable bonds is 6. The van der Waals surface area contributed by atoms with Crippen LogP contribution in [0, 0.1) is 13.8 Å². The van der Waals surface area contributed by atoms with Crippen LogP contribution in [0.1, 0.15) is 23.3 Å². The smallest absolute Gasteiger partial charge is 0.252 e. The molecule has 1 aliphatic rings. The van der Waals surface area contributed by atoms with E-state index >= 15 is 0 Å². The largest absolute Gasteiger partial charge is 0.376 e. The molecule has 128 valence electrons. The van der Waals surface area contributed by atoms with Crippen LogP contribution in [0.2, 0.25) is 0 Å². The van der Waals surface area contributed by atoms with Gasteiger partial charge in [0.25, 0.3) is 5.91 Å². The first-order valence-corrected chi connectivity index (χ1v) is 8.97. The van der Waals surface area contributed by atoms with Crippen LogP contribution in [0.4, 0.5) is 5.13 Å². The van der Waals surface area contributed by atoms with E-state index in [0.29, 0.717) is 11.7 Å². The maximum atomic E-state index is 12.0. The van der Waals surface area contributed by atoms with E-state index < -0.39 is 0 Å². The number of anilines is 1. The number of aryl methyl sites for hydroxylation is 2. The molecule has 24 heavy (non-hydrogen) atoms. The monoisotopic (exact) mass is 346 g/mol. The molecule has 1 atom stereocenters. The maximum Gasteiger partial charge on any atom is 0.252 e. The number of hydrogen-bond acceptors (Lipinski definition) is 5. The zero-order chi connectivity index (χ0) is 16.9. The second kappa shape index (κ2) is 7.88. The highest BCUT2D eigenvalue weighted by Gasteiger charge is 2.16. The highest BCUT2D eigenvalue weighted by atomic mass is 32.1. The molecule has 6 heteroatoms. The van der Waals surface area contributed by atoms with E-state index in [-0.39, 0.29) is 18.6 Å². The van der Waals surface area contributed by atoms with E-state index in [1.807, 2.05) is 19.1 Å². The lowest BCUT2D eigenvalue weighted by Gasteiger charge is -2.09. The summed E-state index contributed by atoms with van der Waals surface area (Å²) in [5, 5.41) is 3.42. The molecule has 1 aromatic heterocycles. The van der Waals surface area contributed by atoms with Gasteiger partial charge in [-0.1, -0.05) is 29.8 Å². The Hall–Kier alpha value is -1.76. The van der Waals surface area contributed by atoms with Crippen molar-refractivity contribution in [1.29, 1.82) is 0 Å². The maximum absolute atomic E-state index is 12.0. The van der Waals surface area contributed by atoms with Crippen LogP contribution in [0.5, 0.6) is 0 Å². The molecule has 1 amide bonds. The molecule has 0 radical (unpaired) electrons. The first-order chi connectivity index (χ1) is 11.6. The summed E-state index contributed by atoms with van der Waals surface area (Å²) in [6.45, 7) is 5.36. The van der Waals surface area contributed by atoms with Gasteiger partial charge in [-0.05, 0) is 26.7 Å². The van der Waals surface area contributed by atoms with Gasteiger partial charge < -0.3 is 9.47 Å². The predicted octanol–water partition coefficient (Wildman–Crippen LogP) is 3.56. The summed E-state index contributed by atoms with van der Waals surface area (Å²) in [6, 6.07) is 8.22. The quantitative estimate of drug-likeness (QED) is 0.869. The highest BCUT2D eigenvalue weighted by molar-refractivity contribution is 7.16. The van der Waals surface area contributed by atoms with Crippen LogP contribution < -0.4 is 5.32 Å². The van der Waals surface area contributed by atoms with E-state index in [1.54, 1.807) is 0 Å². The first kappa shape index (κ1) is 17.1. The Bertz CT molecular complexity index is 691. The molecule has 0 saturated carbocycles. The summed E-state index contributed by atoms with van der Waals surface area (Å²) >= 11 is 1.48. The summed E-state index contributed by atoms with van der Waals surface area (Å²) in [7, 11) is 0. The number of nitrogens with zero attached hydrogens (tertiary/aromatic N) is 1. The molecule has 0 aliphatic carbocycles. The Kier molecular flexibility index (Phi) is 5.60. The topological polar surface area (TPSA) is 60.5 Å². The normalized spacial score (nSPS) is 17.2. The average Bonchev–Trinajstić information content (AvgIpc) is 3.18. The van der Waals surface area contributed by atoms with Crippen molar-refractivity contribution in [2.75, 3.05) is 25.1 Å². The third kappa shape index (κ3) is 4.41. The summed E-state index contributed by atoms with van der Waals surface area (Å²) in [4.78, 5) is 17.6. The van der Waals surface area contributed by atoms with Crippen molar-refractivity contribution in [3.63, 3.8) is 0 Å². The lowest BCUT2D eigenvalue weighted by Crippen LogP contribution is -2.22. The standard InChI is InChI=1S/C18H22N2O3S/c1-12-5-7-14(8-6-12)17-13(2)24-18(20-17)19-16(21)11-22-10-15-4-3-9-23-15/h5-8,15H,3-4,9-11H2,1-2H3,(H,19,20,21). The van der Waals surface area contributed by atoms with Gasteiger partial charge in [0.15, 0.2) is 5.13 Å². The number of ether oxygens (including phenoxy) is 2. The number of carbonyl (C=O) groups is 1. The number of thiazole rings is 1. The molecular formula is C18H22N2O3S. The van der Waals surface area contributed by atoms with Crippen LogP contribution in [0.25, 0.3) is 11.3 Å². The average molecular weight is 346 g/mol. The van der Waals surface area contributed by atoms with Gasteiger partial charge in [-0.15, -0.1) is 11.3 Å². The van der Waals surface area contributed by atoms with Gasteiger partial charge in [0, 0.05) is 17.0 Å². The molecule has 1 aliphatic heterocycles. The summed E-state index contributed by atoms with van der Waals surface area (Å²) < 4.78 is 10.9. The molecule has 2 aromatic rings. The minimum absolute atomic E-state index is 0.0261. The highest BCUT2D eigenvalue weighted by Crippen LogP contribution is 2.30. The molecule has 0 bridgehead atoms. The number of carbonyl (C=O) groups excluding carboxylic acids is 1. The molecule has 5 nitrogen and oxygen atoms in total. The number of nitrogens with one attached hydrogen (secondary N) is 1. The van der Waals surface area contributed by atoms with Crippen LogP contribution >= 0.6 is 11.3 Å². The number of benzene rings is 1. The van der Waals surface area contributed by atoms with E-state index in [9.17, 15) is 4.79 Å². The van der Waals surface area contributed by atoms with Crippen molar-refractivity contribution in [3.05, 3.63) is 34.7 Å². The van der Waals surface area contributed by atoms with E-state index in [4.69, 9.17) is 9.47 Å². The van der Waals surface area contributed by atoms with Crippen LogP contribution in [0.3, 0.4) is 0 Å². The van der Waals surface area contributed by atoms with Gasteiger partial charge in [-0.2, -0.15) is 0 Å². The third-order valence-corrected chi connectivity index (χ3v) is 4.82. The minimum Gasteiger partial charge on any atom is -0.376 e. The van der Waals surface area contributed by atoms with Crippen molar-refractivity contribution in [1.82, 2.24) is 4.98 Å². The first-order valence-electron chi connectivity index (χ1n) is 8.15. The van der Waals surface area contributed by atoms with E-state index in [2.05, 4.69) is 29.4 Å². The fourth-order valence-electron chi connectivity index (χ4n) is 2.64. The fraction of sp³-hybridized carbons (Fsp3) is 0.444. The van der Waals surface area contributed by atoms with E-state index in [0.717, 1.165) is 35.6 Å². The van der Waals surface area contributed by atoms with Crippen molar-refractivity contribution in [2.24, 2.45) is 0 Å². The van der Waals surface area contributed by atoms with Gasteiger partial charge in [0.05, 0.1) is 18.4 Å². The van der Waals surface area contributed by atoms with Gasteiger partial charge >= 0.3 is 0 Å². The van der Waals surface area contributed by atoms with Gasteiger partial charge in [0.1, 0.15) is 6.61 Å². The number of aromatic nitrogens is 1. The van der Waals surface area contributed by atoms with Crippen molar-refractivity contribution < 1.29 is 14.3 Å². The summed E-state index contributed by atoms with van der Waals surface area (Å²) in [6.07, 6.45) is 2.21. The SMILES string of the molecule is Cc1ccc(-c2nc(NC(=O)COCC3CCCO3)sc2C)cc1. The molecule has 1 N–H and O–H groups in total. The molecule has 2 heterocycles. The zero-order valence-corrected chi connectivity index (χ0v) is 14.8. The molecular weight excluding hydrogens is 324 g/mol. The van der Waals surface area contributed by atoms with E-state index in [1.165, 1.54) is 16.9 Å². The number of amides is 1. The third-order valence-electron chi connectivity index (χ3n) is 3.93. The van der Waals surface area contributed by atoms with Crippen molar-refractivity contribution in [2.45, 2.75) is 32.8 Å². The lowest BCUT2D eigenvalue weighted by molar-refractivity contribution is -0.121. The second-order valence-corrected chi connectivity index (χ2v) is 7.19.